The van der Waals surface area contributed by atoms with Crippen LogP contribution in [0, 0.1) is 0 Å². The molecule has 0 heterocycles. The molecule has 7 heteroatoms. The number of aromatic hydroxyl groups is 1. The van der Waals surface area contributed by atoms with Gasteiger partial charge in [0.25, 0.3) is 0 Å². The van der Waals surface area contributed by atoms with Crippen LogP contribution < -0.4 is 0 Å². The summed E-state index contributed by atoms with van der Waals surface area (Å²) in [5.41, 5.74) is 4.77. The van der Waals surface area contributed by atoms with E-state index in [0.29, 0.717) is 5.57 Å². The largest absolute Gasteiger partial charge is 0.772 e. The fraction of sp³-hybridized carbons (Fsp3) is 0.417. The van der Waals surface area contributed by atoms with Gasteiger partial charge in [-0.3, -0.25) is 8.42 Å². The van der Waals surface area contributed by atoms with Crippen molar-refractivity contribution in [1.82, 2.24) is 0 Å². The molecule has 0 aliphatic heterocycles. The Morgan fingerprint density at radius 1 is 0.871 bits per heavy atom. The second-order valence-electron chi connectivity index (χ2n) is 9.74. The molecule has 170 valence electrons. The lowest BCUT2D eigenvalue weighted by molar-refractivity contribution is 0.475. The van der Waals surface area contributed by atoms with Crippen LogP contribution in [0.3, 0.4) is 0 Å². The molecule has 31 heavy (non-hydrogen) atoms. The molecule has 2 aromatic carbocycles. The minimum Gasteiger partial charge on any atom is -0.772 e. The Hall–Kier alpha value is -1.80. The van der Waals surface area contributed by atoms with Crippen molar-refractivity contribution in [1.29, 1.82) is 0 Å². The zero-order chi connectivity index (χ0) is 23.6. The highest BCUT2D eigenvalue weighted by Crippen LogP contribution is 2.42. The van der Waals surface area contributed by atoms with Gasteiger partial charge in [-0.05, 0) is 56.4 Å². The molecule has 0 aromatic heterocycles. The van der Waals surface area contributed by atoms with E-state index < -0.39 is 22.2 Å². The molecule has 0 saturated carbocycles. The molecular weight excluding hydrogens is 432 g/mol. The van der Waals surface area contributed by atoms with Gasteiger partial charge in [0, 0.05) is 11.5 Å². The molecule has 2 aromatic rings. The molecule has 2 rings (SSSR count). The first-order valence-electron chi connectivity index (χ1n) is 9.98. The molecule has 0 amide bonds. The van der Waals surface area contributed by atoms with Crippen LogP contribution in [0.25, 0.3) is 17.2 Å². The van der Waals surface area contributed by atoms with Crippen LogP contribution in [0.5, 0.6) is 5.75 Å². The van der Waals surface area contributed by atoms with Gasteiger partial charge in [-0.2, -0.15) is 0 Å². The maximum atomic E-state index is 11.2. The second-order valence-corrected chi connectivity index (χ2v) is 11.5. The average Bonchev–Trinajstić information content (AvgIpc) is 2.59. The molecule has 0 saturated heterocycles. The summed E-state index contributed by atoms with van der Waals surface area (Å²) in [6.07, 6.45) is 1.66. The van der Waals surface area contributed by atoms with Crippen LogP contribution in [0.1, 0.15) is 58.2 Å². The van der Waals surface area contributed by atoms with Crippen molar-refractivity contribution >= 4 is 28.2 Å². The molecule has 0 bridgehead atoms. The lowest BCUT2D eigenvalue weighted by Crippen LogP contribution is -2.20. The summed E-state index contributed by atoms with van der Waals surface area (Å²) in [7, 11) is 0. The molecule has 0 spiro atoms. The average molecular weight is 463 g/mol. The molecule has 2 unspecified atom stereocenters. The van der Waals surface area contributed by atoms with E-state index in [1.54, 1.807) is 18.2 Å². The van der Waals surface area contributed by atoms with Crippen LogP contribution in [0.4, 0.5) is 0 Å². The number of phenols is 1. The first kappa shape index (κ1) is 25.5. The highest BCUT2D eigenvalue weighted by Gasteiger charge is 2.27. The number of rotatable bonds is 6. The number of hydrogen-bond donors (Lipinski definition) is 1. The van der Waals surface area contributed by atoms with Crippen LogP contribution in [-0.2, 0) is 33.0 Å². The standard InChI is InChI=1S/C24H32O5S2/c1-23(2,3)20-12-16(11-17(14-30(26)27)15-31(28)29)13-21(24(4,5)6)22(20)18-7-9-19(25)10-8-18/h7-13,25H,14-15H2,1-6H3,(H,26,27)(H,28,29)/p-2. The van der Waals surface area contributed by atoms with E-state index in [-0.39, 0.29) is 28.1 Å². The van der Waals surface area contributed by atoms with Gasteiger partial charge in [-0.1, -0.05) is 94.0 Å². The van der Waals surface area contributed by atoms with Crippen molar-refractivity contribution in [3.63, 3.8) is 0 Å². The van der Waals surface area contributed by atoms with E-state index in [4.69, 9.17) is 0 Å². The van der Waals surface area contributed by atoms with Crippen LogP contribution in [0.2, 0.25) is 0 Å². The third-order valence-corrected chi connectivity index (χ3v) is 6.12. The van der Waals surface area contributed by atoms with Gasteiger partial charge in [-0.15, -0.1) is 0 Å². The topological polar surface area (TPSA) is 100 Å². The van der Waals surface area contributed by atoms with Gasteiger partial charge in [0.05, 0.1) is 0 Å². The Bertz CT molecular complexity index is 957. The predicted molar refractivity (Wildman–Crippen MR) is 126 cm³/mol. The van der Waals surface area contributed by atoms with E-state index in [1.807, 2.05) is 24.3 Å². The molecule has 0 radical (unpaired) electrons. The van der Waals surface area contributed by atoms with Gasteiger partial charge in [0.2, 0.25) is 0 Å². The van der Waals surface area contributed by atoms with Crippen molar-refractivity contribution < 1.29 is 22.6 Å². The van der Waals surface area contributed by atoms with Crippen LogP contribution >= 0.6 is 0 Å². The number of benzene rings is 2. The minimum absolute atomic E-state index is 0.193. The Kier molecular flexibility index (Phi) is 8.03. The zero-order valence-corrected chi connectivity index (χ0v) is 20.5. The van der Waals surface area contributed by atoms with Gasteiger partial charge in [0.1, 0.15) is 5.75 Å². The third kappa shape index (κ3) is 7.10. The fourth-order valence-corrected chi connectivity index (χ4v) is 4.64. The lowest BCUT2D eigenvalue weighted by atomic mass is 9.73. The third-order valence-electron chi connectivity index (χ3n) is 4.91. The van der Waals surface area contributed by atoms with Crippen molar-refractivity contribution in [3.05, 3.63) is 58.7 Å². The Balaban J connectivity index is 2.85. The highest BCUT2D eigenvalue weighted by atomic mass is 32.2. The number of phenolic OH excluding ortho intramolecular Hbond substituents is 1. The second kappa shape index (κ2) is 9.77. The Labute approximate surface area is 190 Å². The molecule has 0 aliphatic rings. The summed E-state index contributed by atoms with van der Waals surface area (Å²) in [6, 6.07) is 11.1. The Morgan fingerprint density at radius 3 is 1.65 bits per heavy atom. The summed E-state index contributed by atoms with van der Waals surface area (Å²) < 4.78 is 45.0. The lowest BCUT2D eigenvalue weighted by Gasteiger charge is -2.31. The minimum atomic E-state index is -2.38. The summed E-state index contributed by atoms with van der Waals surface area (Å²) in [6.45, 7) is 12.6. The quantitative estimate of drug-likeness (QED) is 0.622. The normalized spacial score (nSPS) is 14.2. The van der Waals surface area contributed by atoms with E-state index in [9.17, 15) is 22.6 Å². The number of hydrogen-bond acceptors (Lipinski definition) is 5. The fourth-order valence-electron chi connectivity index (χ4n) is 3.53. The Morgan fingerprint density at radius 2 is 1.29 bits per heavy atom. The van der Waals surface area contributed by atoms with Crippen molar-refractivity contribution in [2.24, 2.45) is 0 Å². The molecule has 1 N–H and O–H groups in total. The monoisotopic (exact) mass is 462 g/mol. The molecule has 0 fully saturated rings. The van der Waals surface area contributed by atoms with Gasteiger partial charge >= 0.3 is 0 Å². The SMILES string of the molecule is CC(C)(C)c1cc(C=C(CS(=O)[O-])CS(=O)[O-])cc(C(C)(C)C)c1-c1ccc(O)cc1. The molecule has 2 atom stereocenters. The van der Waals surface area contributed by atoms with Crippen LogP contribution in [-0.4, -0.2) is 34.1 Å². The molecular formula is C24H30O5S2-2. The van der Waals surface area contributed by atoms with Gasteiger partial charge < -0.3 is 14.2 Å². The van der Waals surface area contributed by atoms with E-state index in [1.165, 1.54) is 0 Å². The van der Waals surface area contributed by atoms with Gasteiger partial charge in [-0.25, -0.2) is 0 Å². The van der Waals surface area contributed by atoms with Crippen molar-refractivity contribution in [3.8, 4) is 16.9 Å². The summed E-state index contributed by atoms with van der Waals surface area (Å²) in [5.74, 6) is -0.467. The van der Waals surface area contributed by atoms with E-state index in [0.717, 1.165) is 27.8 Å². The highest BCUT2D eigenvalue weighted by molar-refractivity contribution is 7.80. The van der Waals surface area contributed by atoms with Crippen molar-refractivity contribution in [2.45, 2.75) is 52.4 Å². The van der Waals surface area contributed by atoms with E-state index in [2.05, 4.69) is 41.5 Å². The molecule has 5 nitrogen and oxygen atoms in total. The zero-order valence-electron chi connectivity index (χ0n) is 18.9. The van der Waals surface area contributed by atoms with Crippen molar-refractivity contribution in [2.75, 3.05) is 11.5 Å². The predicted octanol–water partition coefficient (Wildman–Crippen LogP) is 4.80. The summed E-state index contributed by atoms with van der Waals surface area (Å²) in [4.78, 5) is 0. The maximum Gasteiger partial charge on any atom is 0.115 e. The van der Waals surface area contributed by atoms with Gasteiger partial charge in [0.15, 0.2) is 0 Å². The van der Waals surface area contributed by atoms with E-state index >= 15 is 0 Å². The first-order chi connectivity index (χ1) is 14.2. The summed E-state index contributed by atoms with van der Waals surface area (Å²) >= 11 is -4.76. The summed E-state index contributed by atoms with van der Waals surface area (Å²) in [5, 5.41) is 9.74. The molecule has 0 aliphatic carbocycles. The maximum absolute atomic E-state index is 11.2. The van der Waals surface area contributed by atoms with Crippen LogP contribution in [0.15, 0.2) is 42.0 Å². The smallest absolute Gasteiger partial charge is 0.115 e. The first-order valence-corrected chi connectivity index (χ1v) is 12.5.